The standard InChI is InChI=1S/C25H30O3Si/c1-25(2,3)29(21-12-8-6-9-13-21,22-14-10-7-11-15-22)28-19-20-16-17-23(26-4)24(18-20)27-5/h6-18H,19H2,1-5H3. The van der Waals surface area contributed by atoms with Crippen LogP contribution in [0.5, 0.6) is 11.5 Å². The van der Waals surface area contributed by atoms with Crippen molar-refractivity contribution in [2.75, 3.05) is 14.2 Å². The van der Waals surface area contributed by atoms with Gasteiger partial charge in [-0.05, 0) is 33.1 Å². The minimum Gasteiger partial charge on any atom is -0.493 e. The molecule has 0 spiro atoms. The minimum absolute atomic E-state index is 0.0493. The molecule has 0 atom stereocenters. The van der Waals surface area contributed by atoms with Crippen molar-refractivity contribution >= 4 is 18.7 Å². The van der Waals surface area contributed by atoms with Gasteiger partial charge < -0.3 is 13.9 Å². The summed E-state index contributed by atoms with van der Waals surface area (Å²) < 4.78 is 17.8. The maximum atomic E-state index is 6.97. The predicted molar refractivity (Wildman–Crippen MR) is 122 cm³/mol. The van der Waals surface area contributed by atoms with Gasteiger partial charge in [-0.2, -0.15) is 0 Å². The van der Waals surface area contributed by atoms with Gasteiger partial charge in [0.25, 0.3) is 8.32 Å². The Morgan fingerprint density at radius 3 is 1.66 bits per heavy atom. The second-order valence-electron chi connectivity index (χ2n) is 8.14. The molecule has 3 nitrogen and oxygen atoms in total. The molecule has 0 fully saturated rings. The van der Waals surface area contributed by atoms with Crippen LogP contribution in [0.15, 0.2) is 78.9 Å². The third-order valence-electron chi connectivity index (χ3n) is 5.32. The summed E-state index contributed by atoms with van der Waals surface area (Å²) in [5, 5.41) is 2.50. The maximum absolute atomic E-state index is 6.97. The normalized spacial score (nSPS) is 11.9. The fourth-order valence-corrected chi connectivity index (χ4v) is 8.46. The van der Waals surface area contributed by atoms with Gasteiger partial charge in [-0.3, -0.25) is 0 Å². The maximum Gasteiger partial charge on any atom is 0.261 e. The second kappa shape index (κ2) is 8.85. The summed E-state index contributed by atoms with van der Waals surface area (Å²) >= 11 is 0. The van der Waals surface area contributed by atoms with Gasteiger partial charge in [0.1, 0.15) is 0 Å². The largest absolute Gasteiger partial charge is 0.493 e. The van der Waals surface area contributed by atoms with Gasteiger partial charge in [-0.15, -0.1) is 0 Å². The van der Waals surface area contributed by atoms with Crippen LogP contribution in [-0.4, -0.2) is 22.5 Å². The van der Waals surface area contributed by atoms with Crippen LogP contribution in [0.1, 0.15) is 26.3 Å². The molecule has 4 heteroatoms. The van der Waals surface area contributed by atoms with Gasteiger partial charge in [0.15, 0.2) is 11.5 Å². The highest BCUT2D eigenvalue weighted by molar-refractivity contribution is 6.99. The van der Waals surface area contributed by atoms with Gasteiger partial charge in [-0.1, -0.05) is 87.5 Å². The van der Waals surface area contributed by atoms with Crippen molar-refractivity contribution in [3.8, 4) is 11.5 Å². The summed E-state index contributed by atoms with van der Waals surface area (Å²) in [4.78, 5) is 0. The van der Waals surface area contributed by atoms with Crippen molar-refractivity contribution in [2.45, 2.75) is 32.4 Å². The smallest absolute Gasteiger partial charge is 0.261 e. The first-order valence-electron chi connectivity index (χ1n) is 9.88. The SMILES string of the molecule is COc1ccc(CO[Si](c2ccccc2)(c2ccccc2)C(C)(C)C)cc1OC. The molecule has 0 aliphatic rings. The molecule has 3 aromatic carbocycles. The highest BCUT2D eigenvalue weighted by atomic mass is 28.4. The van der Waals surface area contributed by atoms with E-state index >= 15 is 0 Å². The first kappa shape index (κ1) is 21.2. The predicted octanol–water partition coefficient (Wildman–Crippen LogP) is 4.78. The molecule has 0 aliphatic heterocycles. The van der Waals surface area contributed by atoms with E-state index in [1.165, 1.54) is 10.4 Å². The molecule has 0 amide bonds. The molecule has 29 heavy (non-hydrogen) atoms. The van der Waals surface area contributed by atoms with Crippen LogP contribution in [0, 0.1) is 0 Å². The van der Waals surface area contributed by atoms with Gasteiger partial charge in [0.2, 0.25) is 0 Å². The molecular formula is C25H30O3Si. The van der Waals surface area contributed by atoms with Crippen LogP contribution in [0.2, 0.25) is 5.04 Å². The quantitative estimate of drug-likeness (QED) is 0.529. The lowest BCUT2D eigenvalue weighted by molar-refractivity contribution is 0.284. The summed E-state index contributed by atoms with van der Waals surface area (Å²) in [5.74, 6) is 1.44. The van der Waals surface area contributed by atoms with Gasteiger partial charge >= 0.3 is 0 Å². The molecule has 152 valence electrons. The van der Waals surface area contributed by atoms with Crippen molar-refractivity contribution in [1.29, 1.82) is 0 Å². The van der Waals surface area contributed by atoms with Crippen LogP contribution >= 0.6 is 0 Å². The Balaban J connectivity index is 2.07. The van der Waals surface area contributed by atoms with E-state index in [1.54, 1.807) is 14.2 Å². The Morgan fingerprint density at radius 1 is 0.690 bits per heavy atom. The van der Waals surface area contributed by atoms with Crippen LogP contribution in [0.4, 0.5) is 0 Å². The van der Waals surface area contributed by atoms with Crippen LogP contribution in [0.3, 0.4) is 0 Å². The van der Waals surface area contributed by atoms with Crippen molar-refractivity contribution in [1.82, 2.24) is 0 Å². The molecule has 0 radical (unpaired) electrons. The highest BCUT2D eigenvalue weighted by Gasteiger charge is 2.50. The third-order valence-corrected chi connectivity index (χ3v) is 10.3. The summed E-state index contributed by atoms with van der Waals surface area (Å²) in [5.41, 5.74) is 1.07. The summed E-state index contributed by atoms with van der Waals surface area (Å²) in [7, 11) is 0.753. The topological polar surface area (TPSA) is 27.7 Å². The molecule has 0 saturated heterocycles. The average Bonchev–Trinajstić information content (AvgIpc) is 2.74. The van der Waals surface area contributed by atoms with E-state index in [0.717, 1.165) is 17.1 Å². The first-order valence-corrected chi connectivity index (χ1v) is 11.8. The van der Waals surface area contributed by atoms with Crippen molar-refractivity contribution in [2.24, 2.45) is 0 Å². The molecule has 0 aromatic heterocycles. The fourth-order valence-electron chi connectivity index (χ4n) is 3.92. The minimum atomic E-state index is -2.55. The van der Waals surface area contributed by atoms with E-state index in [2.05, 4.69) is 81.4 Å². The average molecular weight is 407 g/mol. The summed E-state index contributed by atoms with van der Waals surface area (Å²) in [6.07, 6.45) is 0. The van der Waals surface area contributed by atoms with Gasteiger partial charge in [0, 0.05) is 0 Å². The number of rotatable bonds is 7. The highest BCUT2D eigenvalue weighted by Crippen LogP contribution is 2.37. The van der Waals surface area contributed by atoms with Crippen LogP contribution in [0.25, 0.3) is 0 Å². The van der Waals surface area contributed by atoms with Crippen LogP contribution < -0.4 is 19.8 Å². The molecule has 3 rings (SSSR count). The number of ether oxygens (including phenoxy) is 2. The van der Waals surface area contributed by atoms with Crippen molar-refractivity contribution < 1.29 is 13.9 Å². The Bertz CT molecular complexity index is 878. The van der Waals surface area contributed by atoms with E-state index in [0.29, 0.717) is 6.61 Å². The molecule has 0 aliphatic carbocycles. The van der Waals surface area contributed by atoms with Crippen molar-refractivity contribution in [3.05, 3.63) is 84.4 Å². The van der Waals surface area contributed by atoms with E-state index in [-0.39, 0.29) is 5.04 Å². The molecule has 0 heterocycles. The molecule has 0 saturated carbocycles. The molecule has 0 N–H and O–H groups in total. The number of hydrogen-bond donors (Lipinski definition) is 0. The Labute approximate surface area is 175 Å². The number of benzene rings is 3. The van der Waals surface area contributed by atoms with Crippen LogP contribution in [-0.2, 0) is 11.0 Å². The Kier molecular flexibility index (Phi) is 6.45. The zero-order chi connectivity index (χ0) is 20.9. The Morgan fingerprint density at radius 2 is 1.21 bits per heavy atom. The lowest BCUT2D eigenvalue weighted by atomic mass is 10.2. The third kappa shape index (κ3) is 4.24. The molecule has 3 aromatic rings. The lowest BCUT2D eigenvalue weighted by Crippen LogP contribution is -2.66. The van der Waals surface area contributed by atoms with Crippen molar-refractivity contribution in [3.63, 3.8) is 0 Å². The van der Waals surface area contributed by atoms with Gasteiger partial charge in [-0.25, -0.2) is 0 Å². The summed E-state index contributed by atoms with van der Waals surface area (Å²) in [6.45, 7) is 7.36. The summed E-state index contributed by atoms with van der Waals surface area (Å²) in [6, 6.07) is 27.3. The Hall–Kier alpha value is -2.56. The molecular weight excluding hydrogens is 376 g/mol. The van der Waals surface area contributed by atoms with Gasteiger partial charge in [0.05, 0.1) is 20.8 Å². The van der Waals surface area contributed by atoms with E-state index in [9.17, 15) is 0 Å². The molecule has 0 bridgehead atoms. The van der Waals surface area contributed by atoms with E-state index in [4.69, 9.17) is 13.9 Å². The second-order valence-corrected chi connectivity index (χ2v) is 12.4. The number of methoxy groups -OCH3 is 2. The zero-order valence-corrected chi connectivity index (χ0v) is 18.9. The molecule has 0 unspecified atom stereocenters. The van der Waals surface area contributed by atoms with E-state index in [1.807, 2.05) is 18.2 Å². The number of hydrogen-bond acceptors (Lipinski definition) is 3. The lowest BCUT2D eigenvalue weighted by Gasteiger charge is -2.43. The fraction of sp³-hybridized carbons (Fsp3) is 0.280. The first-order chi connectivity index (χ1) is 13.9. The van der Waals surface area contributed by atoms with E-state index < -0.39 is 8.32 Å². The monoisotopic (exact) mass is 406 g/mol. The zero-order valence-electron chi connectivity index (χ0n) is 17.9.